The van der Waals surface area contributed by atoms with E-state index in [0.717, 1.165) is 5.92 Å². The van der Waals surface area contributed by atoms with Crippen LogP contribution < -0.4 is 5.32 Å². The fraction of sp³-hybridized carbons (Fsp3) is 0.600. The first-order chi connectivity index (χ1) is 7.77. The quantitative estimate of drug-likeness (QED) is 0.819. The van der Waals surface area contributed by atoms with E-state index < -0.39 is 0 Å². The predicted octanol–water partition coefficient (Wildman–Crippen LogP) is 3.24. The van der Waals surface area contributed by atoms with Crippen LogP contribution in [0.4, 0.5) is 0 Å². The molecule has 0 aliphatic carbocycles. The summed E-state index contributed by atoms with van der Waals surface area (Å²) in [6.07, 6.45) is 5.36. The van der Waals surface area contributed by atoms with Crippen molar-refractivity contribution >= 4 is 0 Å². The highest BCUT2D eigenvalue weighted by atomic mass is 14.9. The molecule has 0 radical (unpaired) electrons. The Morgan fingerprint density at radius 2 is 1.94 bits per heavy atom. The number of aryl methyl sites for hydroxylation is 2. The average molecular weight is 217 g/mol. The van der Waals surface area contributed by atoms with Gasteiger partial charge in [-0.15, -0.1) is 0 Å². The Balaban J connectivity index is 1.91. The van der Waals surface area contributed by atoms with Crippen LogP contribution in [0, 0.1) is 19.8 Å². The Labute approximate surface area is 99.3 Å². The largest absolute Gasteiger partial charge is 0.317 e. The van der Waals surface area contributed by atoms with Gasteiger partial charge in [-0.3, -0.25) is 0 Å². The lowest BCUT2D eigenvalue weighted by Gasteiger charge is -2.22. The zero-order valence-corrected chi connectivity index (χ0v) is 10.6. The molecule has 0 saturated carbocycles. The molecular formula is C15H23N. The second-order valence-electron chi connectivity index (χ2n) is 5.09. The summed E-state index contributed by atoms with van der Waals surface area (Å²) in [6, 6.07) is 6.70. The first-order valence-corrected chi connectivity index (χ1v) is 6.53. The minimum atomic E-state index is 0.946. The molecule has 1 aromatic carbocycles. The highest BCUT2D eigenvalue weighted by molar-refractivity contribution is 5.33. The Kier molecular flexibility index (Phi) is 4.00. The molecule has 1 saturated heterocycles. The number of nitrogens with one attached hydrogen (secondary N) is 1. The van der Waals surface area contributed by atoms with Crippen LogP contribution in [0.25, 0.3) is 0 Å². The van der Waals surface area contributed by atoms with E-state index in [4.69, 9.17) is 0 Å². The van der Waals surface area contributed by atoms with Gasteiger partial charge in [-0.25, -0.2) is 0 Å². The third-order valence-electron chi connectivity index (χ3n) is 4.00. The molecule has 0 bridgehead atoms. The van der Waals surface area contributed by atoms with Gasteiger partial charge in [-0.05, 0) is 75.2 Å². The molecule has 1 aliphatic heterocycles. The van der Waals surface area contributed by atoms with Crippen molar-refractivity contribution in [3.63, 3.8) is 0 Å². The Morgan fingerprint density at radius 1 is 1.19 bits per heavy atom. The van der Waals surface area contributed by atoms with Gasteiger partial charge in [-0.2, -0.15) is 0 Å². The lowest BCUT2D eigenvalue weighted by atomic mass is 9.90. The highest BCUT2D eigenvalue weighted by Gasteiger charge is 2.13. The first-order valence-electron chi connectivity index (χ1n) is 6.53. The summed E-state index contributed by atoms with van der Waals surface area (Å²) < 4.78 is 0. The normalized spacial score (nSPS) is 17.6. The smallest absolute Gasteiger partial charge is 0.00463 e. The maximum atomic E-state index is 3.43. The molecule has 1 aromatic rings. The Morgan fingerprint density at radius 3 is 2.69 bits per heavy atom. The molecule has 1 N–H and O–H groups in total. The van der Waals surface area contributed by atoms with E-state index in [-0.39, 0.29) is 0 Å². The molecule has 1 nitrogen and oxygen atoms in total. The zero-order chi connectivity index (χ0) is 11.4. The SMILES string of the molecule is Cc1cccc(CCC2CCNCC2)c1C. The van der Waals surface area contributed by atoms with Gasteiger partial charge in [0.1, 0.15) is 0 Å². The fourth-order valence-corrected chi connectivity index (χ4v) is 2.61. The Hall–Kier alpha value is -0.820. The van der Waals surface area contributed by atoms with Gasteiger partial charge in [0.2, 0.25) is 0 Å². The fourth-order valence-electron chi connectivity index (χ4n) is 2.61. The standard InChI is InChI=1S/C15H23N/c1-12-4-3-5-15(13(12)2)7-6-14-8-10-16-11-9-14/h3-5,14,16H,6-11H2,1-2H3. The molecule has 1 heteroatoms. The summed E-state index contributed by atoms with van der Waals surface area (Å²) in [5.41, 5.74) is 4.48. The van der Waals surface area contributed by atoms with Crippen molar-refractivity contribution in [2.75, 3.05) is 13.1 Å². The van der Waals surface area contributed by atoms with Crippen molar-refractivity contribution < 1.29 is 0 Å². The van der Waals surface area contributed by atoms with Gasteiger partial charge in [-0.1, -0.05) is 18.2 Å². The monoisotopic (exact) mass is 217 g/mol. The van der Waals surface area contributed by atoms with Crippen molar-refractivity contribution in [3.05, 3.63) is 34.9 Å². The van der Waals surface area contributed by atoms with Gasteiger partial charge in [0, 0.05) is 0 Å². The van der Waals surface area contributed by atoms with E-state index in [9.17, 15) is 0 Å². The van der Waals surface area contributed by atoms with Crippen molar-refractivity contribution in [1.29, 1.82) is 0 Å². The van der Waals surface area contributed by atoms with Gasteiger partial charge < -0.3 is 5.32 Å². The third kappa shape index (κ3) is 2.85. The lowest BCUT2D eigenvalue weighted by Crippen LogP contribution is -2.27. The lowest BCUT2D eigenvalue weighted by molar-refractivity contribution is 0.354. The average Bonchev–Trinajstić information content (AvgIpc) is 2.32. The predicted molar refractivity (Wildman–Crippen MR) is 69.8 cm³/mol. The van der Waals surface area contributed by atoms with Crippen LogP contribution in [0.3, 0.4) is 0 Å². The molecule has 16 heavy (non-hydrogen) atoms. The van der Waals surface area contributed by atoms with Gasteiger partial charge in [0.15, 0.2) is 0 Å². The summed E-state index contributed by atoms with van der Waals surface area (Å²) in [5.74, 6) is 0.946. The third-order valence-corrected chi connectivity index (χ3v) is 4.00. The minimum absolute atomic E-state index is 0.946. The summed E-state index contributed by atoms with van der Waals surface area (Å²) in [5, 5.41) is 3.43. The molecule has 0 unspecified atom stereocenters. The van der Waals surface area contributed by atoms with Gasteiger partial charge in [0.05, 0.1) is 0 Å². The summed E-state index contributed by atoms with van der Waals surface area (Å²) in [4.78, 5) is 0. The molecule has 1 aliphatic rings. The van der Waals surface area contributed by atoms with Crippen LogP contribution in [-0.2, 0) is 6.42 Å². The molecule has 0 amide bonds. The maximum absolute atomic E-state index is 3.43. The summed E-state index contributed by atoms with van der Waals surface area (Å²) in [7, 11) is 0. The number of piperidine rings is 1. The second-order valence-corrected chi connectivity index (χ2v) is 5.09. The van der Waals surface area contributed by atoms with Crippen molar-refractivity contribution in [2.45, 2.75) is 39.5 Å². The Bertz CT molecular complexity index is 337. The second kappa shape index (κ2) is 5.49. The molecule has 0 atom stereocenters. The number of hydrogen-bond acceptors (Lipinski definition) is 1. The molecule has 2 rings (SSSR count). The van der Waals surface area contributed by atoms with E-state index in [1.807, 2.05) is 0 Å². The van der Waals surface area contributed by atoms with Crippen LogP contribution in [0.1, 0.15) is 36.0 Å². The van der Waals surface area contributed by atoms with Crippen LogP contribution in [-0.4, -0.2) is 13.1 Å². The summed E-state index contributed by atoms with van der Waals surface area (Å²) >= 11 is 0. The summed E-state index contributed by atoms with van der Waals surface area (Å²) in [6.45, 7) is 6.91. The molecule has 0 spiro atoms. The van der Waals surface area contributed by atoms with E-state index in [1.54, 1.807) is 5.56 Å². The van der Waals surface area contributed by atoms with Crippen LogP contribution in [0.5, 0.6) is 0 Å². The van der Waals surface area contributed by atoms with Crippen LogP contribution in [0.2, 0.25) is 0 Å². The maximum Gasteiger partial charge on any atom is -0.00463 e. The molecule has 1 heterocycles. The van der Waals surface area contributed by atoms with E-state index >= 15 is 0 Å². The zero-order valence-electron chi connectivity index (χ0n) is 10.6. The molecule has 1 fully saturated rings. The van der Waals surface area contributed by atoms with Crippen LogP contribution >= 0.6 is 0 Å². The number of rotatable bonds is 3. The van der Waals surface area contributed by atoms with Gasteiger partial charge in [0.25, 0.3) is 0 Å². The molecule has 0 aromatic heterocycles. The first kappa shape index (κ1) is 11.7. The number of benzene rings is 1. The molecule has 88 valence electrons. The van der Waals surface area contributed by atoms with Crippen molar-refractivity contribution in [1.82, 2.24) is 5.32 Å². The van der Waals surface area contributed by atoms with E-state index in [2.05, 4.69) is 37.4 Å². The van der Waals surface area contributed by atoms with Gasteiger partial charge >= 0.3 is 0 Å². The molecular weight excluding hydrogens is 194 g/mol. The highest BCUT2D eigenvalue weighted by Crippen LogP contribution is 2.21. The van der Waals surface area contributed by atoms with E-state index in [1.165, 1.54) is 49.9 Å². The van der Waals surface area contributed by atoms with Crippen LogP contribution in [0.15, 0.2) is 18.2 Å². The minimum Gasteiger partial charge on any atom is -0.317 e. The topological polar surface area (TPSA) is 12.0 Å². The number of hydrogen-bond donors (Lipinski definition) is 1. The van der Waals surface area contributed by atoms with E-state index in [0.29, 0.717) is 0 Å². The van der Waals surface area contributed by atoms with Crippen molar-refractivity contribution in [2.24, 2.45) is 5.92 Å². The van der Waals surface area contributed by atoms with Crippen molar-refractivity contribution in [3.8, 4) is 0 Å².